The standard InChI is InChI=1S/C20H22N2O6/c1-26-16-9-10-19(27-2)17(12-16)18-4-3-11-21(18)20(23)13-28-15-7-5-14(6-8-15)22(24)25/h5-10,12,18H,3-4,11,13H2,1-2H3/t18-/m0/s1. The molecule has 0 radical (unpaired) electrons. The zero-order valence-electron chi connectivity index (χ0n) is 15.8. The number of carbonyl (C=O) groups is 1. The number of ether oxygens (including phenoxy) is 3. The second-order valence-corrected chi connectivity index (χ2v) is 6.39. The molecule has 0 bridgehead atoms. The molecule has 1 fully saturated rings. The van der Waals surface area contributed by atoms with Crippen molar-refractivity contribution in [1.82, 2.24) is 4.90 Å². The van der Waals surface area contributed by atoms with Gasteiger partial charge in [0.05, 0.1) is 25.2 Å². The molecule has 0 spiro atoms. The summed E-state index contributed by atoms with van der Waals surface area (Å²) in [5, 5.41) is 10.7. The van der Waals surface area contributed by atoms with Crippen molar-refractivity contribution in [2.75, 3.05) is 27.4 Å². The first-order valence-electron chi connectivity index (χ1n) is 8.92. The van der Waals surface area contributed by atoms with E-state index in [0.717, 1.165) is 18.4 Å². The number of likely N-dealkylation sites (tertiary alicyclic amines) is 1. The van der Waals surface area contributed by atoms with Gasteiger partial charge in [-0.15, -0.1) is 0 Å². The molecule has 0 N–H and O–H groups in total. The summed E-state index contributed by atoms with van der Waals surface area (Å²) in [6.07, 6.45) is 1.71. The van der Waals surface area contributed by atoms with Crippen molar-refractivity contribution >= 4 is 11.6 Å². The molecule has 8 heteroatoms. The van der Waals surface area contributed by atoms with Crippen molar-refractivity contribution in [3.05, 3.63) is 58.1 Å². The number of nitrogens with zero attached hydrogens (tertiary/aromatic N) is 2. The molecular weight excluding hydrogens is 364 g/mol. The van der Waals surface area contributed by atoms with Gasteiger partial charge in [0.1, 0.15) is 17.2 Å². The van der Waals surface area contributed by atoms with E-state index in [4.69, 9.17) is 14.2 Å². The first-order chi connectivity index (χ1) is 13.5. The monoisotopic (exact) mass is 386 g/mol. The molecule has 3 rings (SSSR count). The van der Waals surface area contributed by atoms with E-state index in [1.165, 1.54) is 24.3 Å². The maximum atomic E-state index is 12.8. The Kier molecular flexibility index (Phi) is 5.98. The normalized spacial score (nSPS) is 15.9. The molecule has 1 aliphatic heterocycles. The van der Waals surface area contributed by atoms with E-state index in [1.54, 1.807) is 19.1 Å². The van der Waals surface area contributed by atoms with Crippen LogP contribution >= 0.6 is 0 Å². The van der Waals surface area contributed by atoms with Gasteiger partial charge in [-0.3, -0.25) is 14.9 Å². The number of hydrogen-bond donors (Lipinski definition) is 0. The maximum Gasteiger partial charge on any atom is 0.269 e. The van der Waals surface area contributed by atoms with Crippen molar-refractivity contribution in [2.24, 2.45) is 0 Å². The minimum atomic E-state index is -0.481. The second kappa shape index (κ2) is 8.60. The molecule has 1 amide bonds. The molecule has 0 aromatic heterocycles. The van der Waals surface area contributed by atoms with Crippen molar-refractivity contribution in [2.45, 2.75) is 18.9 Å². The van der Waals surface area contributed by atoms with Gasteiger partial charge in [0.2, 0.25) is 0 Å². The number of amides is 1. The highest BCUT2D eigenvalue weighted by Gasteiger charge is 2.32. The summed E-state index contributed by atoms with van der Waals surface area (Å²) in [5.41, 5.74) is 0.881. The molecule has 2 aromatic carbocycles. The van der Waals surface area contributed by atoms with Crippen LogP contribution in [0.5, 0.6) is 17.2 Å². The van der Waals surface area contributed by atoms with E-state index < -0.39 is 4.92 Å². The Labute approximate surface area is 162 Å². The first-order valence-corrected chi connectivity index (χ1v) is 8.92. The quantitative estimate of drug-likeness (QED) is 0.535. The van der Waals surface area contributed by atoms with Crippen LogP contribution in [0.4, 0.5) is 5.69 Å². The highest BCUT2D eigenvalue weighted by atomic mass is 16.6. The lowest BCUT2D eigenvalue weighted by Gasteiger charge is -2.26. The molecule has 8 nitrogen and oxygen atoms in total. The van der Waals surface area contributed by atoms with Gasteiger partial charge in [0.25, 0.3) is 11.6 Å². The van der Waals surface area contributed by atoms with Gasteiger partial charge in [-0.25, -0.2) is 0 Å². The lowest BCUT2D eigenvalue weighted by molar-refractivity contribution is -0.384. The number of non-ortho nitro benzene ring substituents is 1. The molecule has 1 atom stereocenters. The lowest BCUT2D eigenvalue weighted by Crippen LogP contribution is -2.34. The molecule has 1 saturated heterocycles. The predicted octanol–water partition coefficient (Wildman–Crippen LogP) is 3.35. The van der Waals surface area contributed by atoms with Gasteiger partial charge < -0.3 is 19.1 Å². The van der Waals surface area contributed by atoms with Crippen LogP contribution < -0.4 is 14.2 Å². The number of benzene rings is 2. The van der Waals surface area contributed by atoms with E-state index in [0.29, 0.717) is 23.8 Å². The van der Waals surface area contributed by atoms with Crippen LogP contribution in [0.3, 0.4) is 0 Å². The van der Waals surface area contributed by atoms with Gasteiger partial charge in [0, 0.05) is 24.2 Å². The van der Waals surface area contributed by atoms with E-state index in [1.807, 2.05) is 18.2 Å². The number of rotatable bonds is 7. The summed E-state index contributed by atoms with van der Waals surface area (Å²) in [4.78, 5) is 24.8. The van der Waals surface area contributed by atoms with Crippen LogP contribution in [0, 0.1) is 10.1 Å². The fraction of sp³-hybridized carbons (Fsp3) is 0.350. The summed E-state index contributed by atoms with van der Waals surface area (Å²) in [6, 6.07) is 11.1. The van der Waals surface area contributed by atoms with Gasteiger partial charge in [-0.2, -0.15) is 0 Å². The molecule has 148 valence electrons. The minimum absolute atomic E-state index is 0.0246. The van der Waals surface area contributed by atoms with Crippen molar-refractivity contribution in [3.8, 4) is 17.2 Å². The van der Waals surface area contributed by atoms with E-state index >= 15 is 0 Å². The van der Waals surface area contributed by atoms with Gasteiger partial charge in [-0.1, -0.05) is 0 Å². The second-order valence-electron chi connectivity index (χ2n) is 6.39. The fourth-order valence-electron chi connectivity index (χ4n) is 3.38. The zero-order valence-corrected chi connectivity index (χ0v) is 15.8. The Morgan fingerprint density at radius 1 is 1.14 bits per heavy atom. The summed E-state index contributed by atoms with van der Waals surface area (Å²) >= 11 is 0. The van der Waals surface area contributed by atoms with Crippen molar-refractivity contribution in [1.29, 1.82) is 0 Å². The Bertz CT molecular complexity index is 852. The molecule has 1 aliphatic rings. The maximum absolute atomic E-state index is 12.8. The van der Waals surface area contributed by atoms with Crippen LogP contribution in [0.1, 0.15) is 24.4 Å². The summed E-state index contributed by atoms with van der Waals surface area (Å²) in [7, 11) is 3.20. The van der Waals surface area contributed by atoms with Crippen LogP contribution in [-0.4, -0.2) is 43.1 Å². The number of carbonyl (C=O) groups excluding carboxylic acids is 1. The van der Waals surface area contributed by atoms with Crippen molar-refractivity contribution < 1.29 is 23.9 Å². The van der Waals surface area contributed by atoms with Crippen LogP contribution in [0.25, 0.3) is 0 Å². The highest BCUT2D eigenvalue weighted by Crippen LogP contribution is 2.39. The Hall–Kier alpha value is -3.29. The molecular formula is C20H22N2O6. The predicted molar refractivity (Wildman–Crippen MR) is 102 cm³/mol. The van der Waals surface area contributed by atoms with E-state index in [-0.39, 0.29) is 24.2 Å². The number of methoxy groups -OCH3 is 2. The Morgan fingerprint density at radius 2 is 1.86 bits per heavy atom. The topological polar surface area (TPSA) is 91.1 Å². The van der Waals surface area contributed by atoms with Crippen LogP contribution in [0.2, 0.25) is 0 Å². The van der Waals surface area contributed by atoms with E-state index in [2.05, 4.69) is 0 Å². The highest BCUT2D eigenvalue weighted by molar-refractivity contribution is 5.78. The third kappa shape index (κ3) is 4.16. The molecule has 28 heavy (non-hydrogen) atoms. The lowest BCUT2D eigenvalue weighted by atomic mass is 10.0. The molecule has 0 aliphatic carbocycles. The van der Waals surface area contributed by atoms with Gasteiger partial charge in [-0.05, 0) is 43.2 Å². The summed E-state index contributed by atoms with van der Waals surface area (Å²) in [5.74, 6) is 1.68. The molecule has 0 unspecified atom stereocenters. The van der Waals surface area contributed by atoms with Crippen LogP contribution in [0.15, 0.2) is 42.5 Å². The number of nitro groups is 1. The first kappa shape index (κ1) is 19.5. The Morgan fingerprint density at radius 3 is 2.50 bits per heavy atom. The van der Waals surface area contributed by atoms with Crippen LogP contribution in [-0.2, 0) is 4.79 Å². The van der Waals surface area contributed by atoms with Gasteiger partial charge in [0.15, 0.2) is 6.61 Å². The smallest absolute Gasteiger partial charge is 0.269 e. The average Bonchev–Trinajstić information content (AvgIpc) is 3.21. The fourth-order valence-corrected chi connectivity index (χ4v) is 3.38. The average molecular weight is 386 g/mol. The minimum Gasteiger partial charge on any atom is -0.497 e. The third-order valence-corrected chi connectivity index (χ3v) is 4.78. The molecule has 1 heterocycles. The zero-order chi connectivity index (χ0) is 20.1. The van der Waals surface area contributed by atoms with Crippen molar-refractivity contribution in [3.63, 3.8) is 0 Å². The SMILES string of the molecule is COc1ccc(OC)c([C@@H]2CCCN2C(=O)COc2ccc([N+](=O)[O-])cc2)c1. The summed E-state index contributed by atoms with van der Waals surface area (Å²) in [6.45, 7) is 0.494. The summed E-state index contributed by atoms with van der Waals surface area (Å²) < 4.78 is 16.3. The number of hydrogen-bond acceptors (Lipinski definition) is 6. The molecule has 2 aromatic rings. The Balaban J connectivity index is 1.70. The van der Waals surface area contributed by atoms with E-state index in [9.17, 15) is 14.9 Å². The largest absolute Gasteiger partial charge is 0.497 e. The molecule has 0 saturated carbocycles. The van der Waals surface area contributed by atoms with Gasteiger partial charge >= 0.3 is 0 Å². The number of nitro benzene ring substituents is 1. The third-order valence-electron chi connectivity index (χ3n) is 4.78.